The van der Waals surface area contributed by atoms with Gasteiger partial charge in [-0.3, -0.25) is 0 Å². The number of alkyl halides is 3. The van der Waals surface area contributed by atoms with Gasteiger partial charge < -0.3 is 9.80 Å². The molecule has 2 nitrogen and oxygen atoms in total. The minimum Gasteiger partial charge on any atom is -0.348 e. The van der Waals surface area contributed by atoms with Crippen LogP contribution in [0, 0.1) is 5.82 Å². The van der Waals surface area contributed by atoms with Crippen LogP contribution in [-0.2, 0) is 6.18 Å². The van der Waals surface area contributed by atoms with Gasteiger partial charge in [0.15, 0.2) is 0 Å². The van der Waals surface area contributed by atoms with Gasteiger partial charge in [-0.15, -0.1) is 0 Å². The Labute approximate surface area is 141 Å². The lowest BCUT2D eigenvalue weighted by Gasteiger charge is -2.35. The predicted octanol–water partition coefficient (Wildman–Crippen LogP) is 5.21. The third-order valence-electron chi connectivity index (χ3n) is 3.64. The highest BCUT2D eigenvalue weighted by Crippen LogP contribution is 2.33. The Balaban J connectivity index is 1.90. The third-order valence-corrected chi connectivity index (χ3v) is 3.86. The molecule has 0 spiro atoms. The van der Waals surface area contributed by atoms with Gasteiger partial charge in [0.05, 0.1) is 23.8 Å². The zero-order chi connectivity index (χ0) is 17.3. The van der Waals surface area contributed by atoms with Crippen LogP contribution in [-0.4, -0.2) is 13.2 Å². The van der Waals surface area contributed by atoms with Crippen LogP contribution in [0.2, 0.25) is 0 Å². The topological polar surface area (TPSA) is 6.48 Å². The Morgan fingerprint density at radius 3 is 2.38 bits per heavy atom. The van der Waals surface area contributed by atoms with Crippen molar-refractivity contribution in [1.29, 1.82) is 0 Å². The van der Waals surface area contributed by atoms with Crippen molar-refractivity contribution in [3.05, 3.63) is 71.1 Å². The molecule has 1 heterocycles. The number of nitrogens with zero attached hydrogens (tertiary/aromatic N) is 2. The standard InChI is InChI=1S/C17H13ClF4N2/c18-13-9-23(15-5-1-3-12(7-15)17(20,21)22)11-24(10-13)16-6-2-4-14(19)8-16/h1-8,10H,9,11H2. The maximum Gasteiger partial charge on any atom is 0.416 e. The Bertz CT molecular complexity index is 773. The predicted molar refractivity (Wildman–Crippen MR) is 86.5 cm³/mol. The van der Waals surface area contributed by atoms with E-state index in [0.717, 1.165) is 12.1 Å². The summed E-state index contributed by atoms with van der Waals surface area (Å²) in [6, 6.07) is 11.0. The van der Waals surface area contributed by atoms with Crippen LogP contribution in [0.4, 0.5) is 28.9 Å². The van der Waals surface area contributed by atoms with Crippen molar-refractivity contribution in [2.24, 2.45) is 0 Å². The highest BCUT2D eigenvalue weighted by molar-refractivity contribution is 6.30. The Kier molecular flexibility index (Phi) is 4.41. The average Bonchev–Trinajstić information content (AvgIpc) is 2.54. The molecular formula is C17H13ClF4N2. The molecule has 2 aromatic rings. The minimum atomic E-state index is -4.41. The number of rotatable bonds is 2. The molecule has 1 aliphatic rings. The summed E-state index contributed by atoms with van der Waals surface area (Å²) in [5.74, 6) is -0.395. The van der Waals surface area contributed by atoms with E-state index in [4.69, 9.17) is 11.6 Å². The molecule has 0 amide bonds. The van der Waals surface area contributed by atoms with Crippen molar-refractivity contribution >= 4 is 23.0 Å². The molecule has 7 heteroatoms. The molecule has 0 fully saturated rings. The smallest absolute Gasteiger partial charge is 0.348 e. The molecule has 1 aliphatic heterocycles. The van der Waals surface area contributed by atoms with Crippen molar-refractivity contribution in [3.63, 3.8) is 0 Å². The lowest BCUT2D eigenvalue weighted by molar-refractivity contribution is -0.137. The zero-order valence-corrected chi connectivity index (χ0v) is 13.2. The minimum absolute atomic E-state index is 0.265. The van der Waals surface area contributed by atoms with E-state index in [1.54, 1.807) is 34.2 Å². The highest BCUT2D eigenvalue weighted by atomic mass is 35.5. The van der Waals surface area contributed by atoms with Gasteiger partial charge in [-0.05, 0) is 36.4 Å². The van der Waals surface area contributed by atoms with E-state index in [1.165, 1.54) is 18.2 Å². The largest absolute Gasteiger partial charge is 0.416 e. The van der Waals surface area contributed by atoms with E-state index in [-0.39, 0.29) is 13.2 Å². The molecule has 0 aromatic heterocycles. The fourth-order valence-electron chi connectivity index (χ4n) is 2.53. The Morgan fingerprint density at radius 2 is 1.67 bits per heavy atom. The second kappa shape index (κ2) is 6.36. The van der Waals surface area contributed by atoms with Gasteiger partial charge in [0, 0.05) is 17.6 Å². The molecule has 0 atom stereocenters. The summed E-state index contributed by atoms with van der Waals surface area (Å²) in [4.78, 5) is 3.39. The van der Waals surface area contributed by atoms with Gasteiger partial charge in [-0.25, -0.2) is 4.39 Å². The molecule has 0 saturated heterocycles. The molecule has 0 aliphatic carbocycles. The molecule has 0 unspecified atom stereocenters. The van der Waals surface area contributed by atoms with E-state index in [0.29, 0.717) is 16.4 Å². The molecule has 0 N–H and O–H groups in total. The lowest BCUT2D eigenvalue weighted by atomic mass is 10.1. The first-order valence-corrected chi connectivity index (χ1v) is 7.51. The molecule has 3 rings (SSSR count). The first-order chi connectivity index (χ1) is 11.3. The summed E-state index contributed by atoms with van der Waals surface area (Å²) in [6.45, 7) is 0.551. The van der Waals surface area contributed by atoms with Crippen LogP contribution < -0.4 is 9.80 Å². The van der Waals surface area contributed by atoms with Crippen LogP contribution in [0.15, 0.2) is 59.8 Å². The average molecular weight is 357 g/mol. The normalized spacial score (nSPS) is 15.5. The van der Waals surface area contributed by atoms with E-state index < -0.39 is 17.6 Å². The van der Waals surface area contributed by atoms with E-state index >= 15 is 0 Å². The fraction of sp³-hybridized carbons (Fsp3) is 0.176. The van der Waals surface area contributed by atoms with Gasteiger partial charge in [-0.2, -0.15) is 13.2 Å². The van der Waals surface area contributed by atoms with Crippen molar-refractivity contribution in [3.8, 4) is 0 Å². The van der Waals surface area contributed by atoms with Gasteiger partial charge in [0.1, 0.15) is 5.82 Å². The van der Waals surface area contributed by atoms with Gasteiger partial charge >= 0.3 is 6.18 Å². The van der Waals surface area contributed by atoms with Crippen LogP contribution >= 0.6 is 11.6 Å². The summed E-state index contributed by atoms with van der Waals surface area (Å²) in [7, 11) is 0. The first kappa shape index (κ1) is 16.6. The number of hydrogen-bond acceptors (Lipinski definition) is 2. The van der Waals surface area contributed by atoms with Crippen molar-refractivity contribution in [2.45, 2.75) is 6.18 Å². The second-order valence-corrected chi connectivity index (χ2v) is 5.90. The first-order valence-electron chi connectivity index (χ1n) is 7.13. The van der Waals surface area contributed by atoms with Crippen molar-refractivity contribution in [1.82, 2.24) is 0 Å². The summed E-state index contributed by atoms with van der Waals surface area (Å²) in [5, 5.41) is 0.447. The number of halogens is 5. The summed E-state index contributed by atoms with van der Waals surface area (Å²) >= 11 is 6.14. The number of benzene rings is 2. The molecule has 2 aromatic carbocycles. The zero-order valence-electron chi connectivity index (χ0n) is 12.4. The number of hydrogen-bond donors (Lipinski definition) is 0. The highest BCUT2D eigenvalue weighted by Gasteiger charge is 2.31. The Hall–Kier alpha value is -2.21. The summed E-state index contributed by atoms with van der Waals surface area (Å²) < 4.78 is 52.1. The summed E-state index contributed by atoms with van der Waals surface area (Å²) in [6.07, 6.45) is -2.76. The van der Waals surface area contributed by atoms with Gasteiger partial charge in [0.25, 0.3) is 0 Å². The van der Waals surface area contributed by atoms with Crippen LogP contribution in [0.25, 0.3) is 0 Å². The SMILES string of the molecule is Fc1cccc(N2C=C(Cl)CN(c3cccc(C(F)(F)F)c3)C2)c1. The van der Waals surface area contributed by atoms with Crippen molar-refractivity contribution in [2.75, 3.05) is 23.0 Å². The Morgan fingerprint density at radius 1 is 0.958 bits per heavy atom. The van der Waals surface area contributed by atoms with Crippen LogP contribution in [0.1, 0.15) is 5.56 Å². The molecular weight excluding hydrogens is 344 g/mol. The number of anilines is 2. The fourth-order valence-corrected chi connectivity index (χ4v) is 2.79. The maximum atomic E-state index is 13.4. The lowest BCUT2D eigenvalue weighted by Crippen LogP contribution is -2.40. The van der Waals surface area contributed by atoms with Gasteiger partial charge in [-0.1, -0.05) is 23.7 Å². The van der Waals surface area contributed by atoms with Crippen LogP contribution in [0.3, 0.4) is 0 Å². The molecule has 0 bridgehead atoms. The van der Waals surface area contributed by atoms with Crippen molar-refractivity contribution < 1.29 is 17.6 Å². The van der Waals surface area contributed by atoms with Crippen LogP contribution in [0.5, 0.6) is 0 Å². The third kappa shape index (κ3) is 3.64. The monoisotopic (exact) mass is 356 g/mol. The van der Waals surface area contributed by atoms with E-state index in [1.807, 2.05) is 0 Å². The molecule has 0 radical (unpaired) electrons. The maximum absolute atomic E-state index is 13.4. The van der Waals surface area contributed by atoms with E-state index in [9.17, 15) is 17.6 Å². The van der Waals surface area contributed by atoms with E-state index in [2.05, 4.69) is 0 Å². The van der Waals surface area contributed by atoms with Gasteiger partial charge in [0.2, 0.25) is 0 Å². The quantitative estimate of drug-likeness (QED) is 0.682. The molecule has 24 heavy (non-hydrogen) atoms. The summed E-state index contributed by atoms with van der Waals surface area (Å²) in [5.41, 5.74) is 0.255. The second-order valence-electron chi connectivity index (χ2n) is 5.41. The molecule has 0 saturated carbocycles. The molecule has 126 valence electrons.